The van der Waals surface area contributed by atoms with Gasteiger partial charge >= 0.3 is 0 Å². The van der Waals surface area contributed by atoms with E-state index in [4.69, 9.17) is 9.67 Å². The second kappa shape index (κ2) is 5.11. The molecule has 8 nitrogen and oxygen atoms in total. The summed E-state index contributed by atoms with van der Waals surface area (Å²) < 4.78 is 5.37. The van der Waals surface area contributed by atoms with Crippen LogP contribution in [0.15, 0.2) is 39.5 Å². The van der Waals surface area contributed by atoms with Crippen LogP contribution < -0.4 is 10.3 Å². The molecule has 1 aromatic heterocycles. The normalized spacial score (nSPS) is 10.8. The molecular weight excluding hydrogens is 308 g/mol. The van der Waals surface area contributed by atoms with E-state index in [1.807, 2.05) is 0 Å². The van der Waals surface area contributed by atoms with Crippen molar-refractivity contribution in [3.8, 4) is 40.1 Å². The lowest BCUT2D eigenvalue weighted by Gasteiger charge is -2.08. The van der Waals surface area contributed by atoms with Gasteiger partial charge in [0.15, 0.2) is 11.5 Å². The fourth-order valence-electron chi connectivity index (χ4n) is 2.20. The number of phenols is 3. The Labute approximate surface area is 127 Å². The van der Waals surface area contributed by atoms with E-state index in [2.05, 4.69) is 4.89 Å². The Hall–Kier alpha value is -3.39. The van der Waals surface area contributed by atoms with E-state index in [-0.39, 0.29) is 39.5 Å². The summed E-state index contributed by atoms with van der Waals surface area (Å²) in [6.45, 7) is 0. The second-order valence-electron chi connectivity index (χ2n) is 4.72. The van der Waals surface area contributed by atoms with Crippen molar-refractivity contribution >= 4 is 11.0 Å². The number of fused-ring (bicyclic) bond motifs is 1. The van der Waals surface area contributed by atoms with Crippen LogP contribution in [0.5, 0.6) is 28.7 Å². The lowest BCUT2D eigenvalue weighted by molar-refractivity contribution is -0.139. The molecule has 5 N–H and O–H groups in total. The summed E-state index contributed by atoms with van der Waals surface area (Å²) in [6, 6.07) is 5.64. The summed E-state index contributed by atoms with van der Waals surface area (Å²) >= 11 is 0. The first-order chi connectivity index (χ1) is 10.9. The van der Waals surface area contributed by atoms with Gasteiger partial charge < -0.3 is 29.7 Å². The number of aromatic hydroxyl groups is 4. The van der Waals surface area contributed by atoms with Crippen molar-refractivity contribution in [2.45, 2.75) is 0 Å². The molecule has 23 heavy (non-hydrogen) atoms. The van der Waals surface area contributed by atoms with Gasteiger partial charge in [-0.3, -0.25) is 4.79 Å². The maximum atomic E-state index is 12.2. The zero-order chi connectivity index (χ0) is 16.7. The fraction of sp³-hybridized carbons (Fsp3) is 0. The molecule has 0 aliphatic rings. The Morgan fingerprint density at radius 1 is 0.957 bits per heavy atom. The molecule has 8 heteroatoms. The monoisotopic (exact) mass is 318 g/mol. The van der Waals surface area contributed by atoms with Crippen molar-refractivity contribution in [3.05, 3.63) is 40.6 Å². The molecule has 3 rings (SSSR count). The quantitative estimate of drug-likeness (QED) is 0.357. The highest BCUT2D eigenvalue weighted by Gasteiger charge is 2.19. The predicted octanol–water partition coefficient (Wildman–Crippen LogP) is 2.13. The average molecular weight is 318 g/mol. The van der Waals surface area contributed by atoms with E-state index in [9.17, 15) is 25.2 Å². The predicted molar refractivity (Wildman–Crippen MR) is 77.8 cm³/mol. The molecule has 3 aromatic rings. The number of hydrogen-bond acceptors (Lipinski definition) is 8. The summed E-state index contributed by atoms with van der Waals surface area (Å²) in [4.78, 5) is 16.2. The molecule has 0 atom stereocenters. The largest absolute Gasteiger partial charge is 0.508 e. The first-order valence-electron chi connectivity index (χ1n) is 6.29. The molecule has 0 aliphatic carbocycles. The van der Waals surface area contributed by atoms with Gasteiger partial charge in [-0.1, -0.05) is 0 Å². The topological polar surface area (TPSA) is 141 Å². The van der Waals surface area contributed by atoms with Gasteiger partial charge in [-0.05, 0) is 18.2 Å². The van der Waals surface area contributed by atoms with Crippen molar-refractivity contribution in [3.63, 3.8) is 0 Å². The van der Waals surface area contributed by atoms with Crippen molar-refractivity contribution in [2.24, 2.45) is 0 Å². The van der Waals surface area contributed by atoms with Crippen LogP contribution in [0, 0.1) is 0 Å². The van der Waals surface area contributed by atoms with E-state index in [0.29, 0.717) is 0 Å². The van der Waals surface area contributed by atoms with E-state index >= 15 is 0 Å². The van der Waals surface area contributed by atoms with Crippen LogP contribution in [0.25, 0.3) is 22.3 Å². The molecular formula is C15H10O8. The molecule has 0 bridgehead atoms. The smallest absolute Gasteiger partial charge is 0.238 e. The molecule has 0 saturated carbocycles. The molecule has 0 aliphatic heterocycles. The molecule has 0 spiro atoms. The SMILES string of the molecule is O=c1c(O)c(-c2ccc(O)c(OO)c2)oc2cc(O)cc(O)c12. The summed E-state index contributed by atoms with van der Waals surface area (Å²) in [7, 11) is 0. The molecule has 0 amide bonds. The van der Waals surface area contributed by atoms with Crippen molar-refractivity contribution in [1.29, 1.82) is 0 Å². The third kappa shape index (κ3) is 2.27. The van der Waals surface area contributed by atoms with Crippen molar-refractivity contribution in [2.75, 3.05) is 0 Å². The maximum absolute atomic E-state index is 12.2. The number of phenolic OH excluding ortho intramolecular Hbond substituents is 3. The van der Waals surface area contributed by atoms with Gasteiger partial charge in [0, 0.05) is 17.7 Å². The minimum atomic E-state index is -0.904. The van der Waals surface area contributed by atoms with Crippen LogP contribution in [0.3, 0.4) is 0 Å². The first kappa shape index (κ1) is 14.5. The number of benzene rings is 2. The third-order valence-corrected chi connectivity index (χ3v) is 3.26. The lowest BCUT2D eigenvalue weighted by atomic mass is 10.1. The lowest BCUT2D eigenvalue weighted by Crippen LogP contribution is -2.03. The standard InChI is InChI=1S/C15H10O8/c16-7-4-9(18)12-11(5-7)22-15(14(20)13(12)19)6-1-2-8(17)10(3-6)23-21/h1-5,16-18,20-21H. The molecule has 0 radical (unpaired) electrons. The highest BCUT2D eigenvalue weighted by atomic mass is 17.1. The summed E-state index contributed by atoms with van der Waals surface area (Å²) in [5, 5.41) is 47.1. The first-order valence-corrected chi connectivity index (χ1v) is 6.29. The van der Waals surface area contributed by atoms with Crippen LogP contribution >= 0.6 is 0 Å². The van der Waals surface area contributed by atoms with Gasteiger partial charge in [-0.2, -0.15) is 0 Å². The number of hydrogen-bond donors (Lipinski definition) is 5. The Morgan fingerprint density at radius 2 is 1.70 bits per heavy atom. The zero-order valence-electron chi connectivity index (χ0n) is 11.3. The van der Waals surface area contributed by atoms with Crippen LogP contribution in [-0.2, 0) is 0 Å². The molecule has 2 aromatic carbocycles. The van der Waals surface area contributed by atoms with E-state index in [1.165, 1.54) is 6.07 Å². The van der Waals surface area contributed by atoms with E-state index in [0.717, 1.165) is 24.3 Å². The average Bonchev–Trinajstić information content (AvgIpc) is 2.50. The Kier molecular flexibility index (Phi) is 3.23. The van der Waals surface area contributed by atoms with E-state index in [1.54, 1.807) is 0 Å². The van der Waals surface area contributed by atoms with Gasteiger partial charge in [0.25, 0.3) is 0 Å². The minimum absolute atomic E-state index is 0.117. The van der Waals surface area contributed by atoms with Gasteiger partial charge in [0.05, 0.1) is 0 Å². The van der Waals surface area contributed by atoms with Crippen LogP contribution in [0.4, 0.5) is 0 Å². The summed E-state index contributed by atoms with van der Waals surface area (Å²) in [6.07, 6.45) is 0. The highest BCUT2D eigenvalue weighted by molar-refractivity contribution is 5.88. The summed E-state index contributed by atoms with van der Waals surface area (Å²) in [5.41, 5.74) is -0.940. The van der Waals surface area contributed by atoms with Gasteiger partial charge in [0.2, 0.25) is 16.9 Å². The van der Waals surface area contributed by atoms with Crippen LogP contribution in [0.1, 0.15) is 0 Å². The van der Waals surface area contributed by atoms with Crippen LogP contribution in [-0.4, -0.2) is 25.7 Å². The maximum Gasteiger partial charge on any atom is 0.238 e. The third-order valence-electron chi connectivity index (χ3n) is 3.26. The Bertz CT molecular complexity index is 973. The Morgan fingerprint density at radius 3 is 2.39 bits per heavy atom. The molecule has 0 fully saturated rings. The van der Waals surface area contributed by atoms with Gasteiger partial charge in [0.1, 0.15) is 22.5 Å². The molecule has 118 valence electrons. The number of rotatable bonds is 2. The summed E-state index contributed by atoms with van der Waals surface area (Å²) in [5.74, 6) is -2.63. The van der Waals surface area contributed by atoms with Gasteiger partial charge in [-0.25, -0.2) is 5.26 Å². The molecule has 0 unspecified atom stereocenters. The molecule has 1 heterocycles. The molecule has 0 saturated heterocycles. The minimum Gasteiger partial charge on any atom is -0.508 e. The van der Waals surface area contributed by atoms with Crippen molar-refractivity contribution < 1.29 is 35.0 Å². The Balaban J connectivity index is 2.35. The highest BCUT2D eigenvalue weighted by Crippen LogP contribution is 2.37. The fourth-order valence-corrected chi connectivity index (χ4v) is 2.20. The van der Waals surface area contributed by atoms with E-state index < -0.39 is 16.9 Å². The second-order valence-corrected chi connectivity index (χ2v) is 4.72. The van der Waals surface area contributed by atoms with Crippen molar-refractivity contribution in [1.82, 2.24) is 0 Å². The zero-order valence-corrected chi connectivity index (χ0v) is 11.3. The van der Waals surface area contributed by atoms with Gasteiger partial charge in [-0.15, -0.1) is 0 Å². The van der Waals surface area contributed by atoms with Crippen LogP contribution in [0.2, 0.25) is 0 Å².